The highest BCUT2D eigenvalue weighted by Gasteiger charge is 2.22. The van der Waals surface area contributed by atoms with Gasteiger partial charge in [0.25, 0.3) is 5.91 Å². The predicted octanol–water partition coefficient (Wildman–Crippen LogP) is 4.56. The Morgan fingerprint density at radius 1 is 1.15 bits per heavy atom. The van der Waals surface area contributed by atoms with E-state index in [4.69, 9.17) is 0 Å². The Balaban J connectivity index is 2.14. The van der Waals surface area contributed by atoms with Crippen molar-refractivity contribution in [1.82, 2.24) is 5.32 Å². The van der Waals surface area contributed by atoms with E-state index < -0.39 is 6.04 Å². The van der Waals surface area contributed by atoms with Crippen LogP contribution >= 0.6 is 27.7 Å². The summed E-state index contributed by atoms with van der Waals surface area (Å²) >= 11 is 5.03. The van der Waals surface area contributed by atoms with Gasteiger partial charge in [-0.15, -0.1) is 0 Å². The van der Waals surface area contributed by atoms with Crippen molar-refractivity contribution in [2.45, 2.75) is 26.3 Å². The number of hydrogen-bond donors (Lipinski definition) is 2. The number of nitrogens with one attached hydrogen (secondary N) is 2. The van der Waals surface area contributed by atoms with Gasteiger partial charge in [0.05, 0.1) is 5.56 Å². The van der Waals surface area contributed by atoms with E-state index in [1.54, 1.807) is 23.9 Å². The number of anilines is 1. The molecule has 0 fully saturated rings. The van der Waals surface area contributed by atoms with Crippen LogP contribution in [-0.2, 0) is 4.79 Å². The normalized spacial score (nSPS) is 11.7. The van der Waals surface area contributed by atoms with Gasteiger partial charge in [-0.2, -0.15) is 11.8 Å². The average molecular weight is 435 g/mol. The molecule has 2 aromatic rings. The van der Waals surface area contributed by atoms with Gasteiger partial charge in [0.1, 0.15) is 6.04 Å². The highest BCUT2D eigenvalue weighted by Crippen LogP contribution is 2.18. The zero-order valence-electron chi connectivity index (χ0n) is 15.1. The van der Waals surface area contributed by atoms with Crippen LogP contribution in [0.2, 0.25) is 0 Å². The summed E-state index contributed by atoms with van der Waals surface area (Å²) in [6, 6.07) is 12.5. The van der Waals surface area contributed by atoms with Crippen LogP contribution < -0.4 is 10.6 Å². The molecule has 1 atom stereocenters. The van der Waals surface area contributed by atoms with Crippen LogP contribution in [0.15, 0.2) is 46.9 Å². The molecule has 2 N–H and O–H groups in total. The maximum absolute atomic E-state index is 12.8. The first-order chi connectivity index (χ1) is 12.4. The Morgan fingerprint density at radius 3 is 2.54 bits per heavy atom. The molecular formula is C20H23BrN2O2S. The second-order valence-electron chi connectivity index (χ2n) is 6.09. The number of hydrogen-bond acceptors (Lipinski definition) is 3. The molecule has 0 bridgehead atoms. The summed E-state index contributed by atoms with van der Waals surface area (Å²) in [6.07, 6.45) is 2.54. The third kappa shape index (κ3) is 5.61. The van der Waals surface area contributed by atoms with Crippen molar-refractivity contribution in [3.05, 3.63) is 63.6 Å². The van der Waals surface area contributed by atoms with Crippen molar-refractivity contribution in [2.75, 3.05) is 17.3 Å². The van der Waals surface area contributed by atoms with Gasteiger partial charge in [0.2, 0.25) is 5.91 Å². The van der Waals surface area contributed by atoms with Crippen molar-refractivity contribution < 1.29 is 9.59 Å². The van der Waals surface area contributed by atoms with Crippen LogP contribution in [0.1, 0.15) is 27.9 Å². The lowest BCUT2D eigenvalue weighted by atomic mass is 10.1. The number of aryl methyl sites for hydroxylation is 2. The molecule has 0 aromatic heterocycles. The zero-order chi connectivity index (χ0) is 19.1. The molecule has 0 spiro atoms. The minimum absolute atomic E-state index is 0.202. The maximum atomic E-state index is 12.8. The molecule has 138 valence electrons. The molecule has 0 radical (unpaired) electrons. The highest BCUT2D eigenvalue weighted by atomic mass is 79.9. The van der Waals surface area contributed by atoms with Crippen LogP contribution in [0.4, 0.5) is 5.69 Å². The third-order valence-corrected chi connectivity index (χ3v) is 5.33. The summed E-state index contributed by atoms with van der Waals surface area (Å²) in [7, 11) is 0. The molecule has 6 heteroatoms. The van der Waals surface area contributed by atoms with Gasteiger partial charge in [0.15, 0.2) is 0 Å². The Labute approximate surface area is 167 Å². The van der Waals surface area contributed by atoms with Crippen LogP contribution in [0.25, 0.3) is 0 Å². The van der Waals surface area contributed by atoms with Crippen LogP contribution in [-0.4, -0.2) is 29.9 Å². The predicted molar refractivity (Wildman–Crippen MR) is 113 cm³/mol. The fourth-order valence-corrected chi connectivity index (χ4v) is 3.50. The number of benzene rings is 2. The standard InChI is InChI=1S/C20H23BrN2O2S/c1-13-8-9-17(14(2)12-13)22-20(25)18(10-11-26-3)23-19(24)15-6-4-5-7-16(15)21/h4-9,12,18H,10-11H2,1-3H3,(H,22,25)(H,23,24). The SMILES string of the molecule is CSCCC(NC(=O)c1ccccc1Br)C(=O)Nc1ccc(C)cc1C. The summed E-state index contributed by atoms with van der Waals surface area (Å²) < 4.78 is 0.705. The lowest BCUT2D eigenvalue weighted by molar-refractivity contribution is -0.118. The summed E-state index contributed by atoms with van der Waals surface area (Å²) in [4.78, 5) is 25.3. The maximum Gasteiger partial charge on any atom is 0.253 e. The summed E-state index contributed by atoms with van der Waals surface area (Å²) in [5.41, 5.74) is 3.42. The van der Waals surface area contributed by atoms with E-state index in [0.717, 1.165) is 22.6 Å². The Hall–Kier alpha value is -1.79. The van der Waals surface area contributed by atoms with Crippen molar-refractivity contribution >= 4 is 45.2 Å². The average Bonchev–Trinajstić information content (AvgIpc) is 2.61. The highest BCUT2D eigenvalue weighted by molar-refractivity contribution is 9.10. The first kappa shape index (κ1) is 20.5. The van der Waals surface area contributed by atoms with E-state index in [2.05, 4.69) is 26.6 Å². The second-order valence-corrected chi connectivity index (χ2v) is 7.93. The number of amides is 2. The molecule has 0 aliphatic rings. The Morgan fingerprint density at radius 2 is 1.88 bits per heavy atom. The van der Waals surface area contributed by atoms with Crippen LogP contribution in [0.3, 0.4) is 0 Å². The molecule has 0 saturated carbocycles. The minimum Gasteiger partial charge on any atom is -0.340 e. The molecule has 2 aromatic carbocycles. The van der Waals surface area contributed by atoms with E-state index in [1.807, 2.05) is 50.4 Å². The number of carbonyl (C=O) groups is 2. The lowest BCUT2D eigenvalue weighted by Gasteiger charge is -2.19. The lowest BCUT2D eigenvalue weighted by Crippen LogP contribution is -2.44. The topological polar surface area (TPSA) is 58.2 Å². The third-order valence-electron chi connectivity index (χ3n) is 3.99. The molecule has 0 heterocycles. The molecule has 0 aliphatic carbocycles. The number of halogens is 1. The van der Waals surface area contributed by atoms with Gasteiger partial charge in [-0.25, -0.2) is 0 Å². The summed E-state index contributed by atoms with van der Waals surface area (Å²) in [5.74, 6) is 0.312. The van der Waals surface area contributed by atoms with Crippen molar-refractivity contribution in [3.8, 4) is 0 Å². The first-order valence-electron chi connectivity index (χ1n) is 8.35. The van der Waals surface area contributed by atoms with Crippen molar-refractivity contribution in [2.24, 2.45) is 0 Å². The second kappa shape index (κ2) is 9.78. The Kier molecular flexibility index (Phi) is 7.72. The van der Waals surface area contributed by atoms with E-state index >= 15 is 0 Å². The molecule has 4 nitrogen and oxygen atoms in total. The minimum atomic E-state index is -0.595. The first-order valence-corrected chi connectivity index (χ1v) is 10.5. The van der Waals surface area contributed by atoms with E-state index in [-0.39, 0.29) is 11.8 Å². The van der Waals surface area contributed by atoms with Crippen molar-refractivity contribution in [1.29, 1.82) is 0 Å². The monoisotopic (exact) mass is 434 g/mol. The number of thioether (sulfide) groups is 1. The fraction of sp³-hybridized carbons (Fsp3) is 0.300. The Bertz CT molecular complexity index is 795. The zero-order valence-corrected chi connectivity index (χ0v) is 17.5. The molecule has 26 heavy (non-hydrogen) atoms. The van der Waals surface area contributed by atoms with Crippen LogP contribution in [0.5, 0.6) is 0 Å². The largest absolute Gasteiger partial charge is 0.340 e. The van der Waals surface area contributed by atoms with Gasteiger partial charge >= 0.3 is 0 Å². The van der Waals surface area contributed by atoms with Gasteiger partial charge in [-0.05, 0) is 72.0 Å². The van der Waals surface area contributed by atoms with E-state index in [0.29, 0.717) is 16.5 Å². The van der Waals surface area contributed by atoms with E-state index in [9.17, 15) is 9.59 Å². The quantitative estimate of drug-likeness (QED) is 0.671. The number of carbonyl (C=O) groups excluding carboxylic acids is 2. The molecular weight excluding hydrogens is 412 g/mol. The van der Waals surface area contributed by atoms with Gasteiger partial charge in [-0.3, -0.25) is 9.59 Å². The van der Waals surface area contributed by atoms with Crippen LogP contribution in [0, 0.1) is 13.8 Å². The molecule has 0 saturated heterocycles. The molecule has 1 unspecified atom stereocenters. The van der Waals surface area contributed by atoms with Gasteiger partial charge < -0.3 is 10.6 Å². The summed E-state index contributed by atoms with van der Waals surface area (Å²) in [5, 5.41) is 5.81. The smallest absolute Gasteiger partial charge is 0.253 e. The van der Waals surface area contributed by atoms with Gasteiger partial charge in [0, 0.05) is 10.2 Å². The summed E-state index contributed by atoms with van der Waals surface area (Å²) in [6.45, 7) is 3.97. The molecule has 0 aliphatic heterocycles. The van der Waals surface area contributed by atoms with Gasteiger partial charge in [-0.1, -0.05) is 29.8 Å². The molecule has 2 amide bonds. The van der Waals surface area contributed by atoms with Crippen molar-refractivity contribution in [3.63, 3.8) is 0 Å². The fourth-order valence-electron chi connectivity index (χ4n) is 2.56. The number of rotatable bonds is 7. The van der Waals surface area contributed by atoms with E-state index in [1.165, 1.54) is 0 Å². The molecule has 2 rings (SSSR count).